The number of aliphatic hydroxyl groups excluding tert-OH is 2. The molecule has 0 aromatic heterocycles. The van der Waals surface area contributed by atoms with Gasteiger partial charge in [-0.15, -0.1) is 0 Å². The van der Waals surface area contributed by atoms with Crippen molar-refractivity contribution < 1.29 is 48.2 Å². The molecule has 1 unspecified atom stereocenters. The largest absolute Gasteiger partial charge is 0.469 e. The summed E-state index contributed by atoms with van der Waals surface area (Å²) in [5.41, 5.74) is 0. The third kappa shape index (κ3) is 32.3. The molecule has 11 heteroatoms. The van der Waals surface area contributed by atoms with E-state index in [0.717, 1.165) is 50.9 Å². The Kier molecular flexibility index (Phi) is 28.7. The molecule has 0 amide bonds. The first-order chi connectivity index (χ1) is 22.5. The van der Waals surface area contributed by atoms with Crippen LogP contribution in [0.3, 0.4) is 0 Å². The Bertz CT molecular complexity index is 955. The number of carbonyl (C=O) groups is 2. The molecule has 0 rings (SSSR count). The predicted octanol–water partition coefficient (Wildman–Crippen LogP) is 7.80. The maximum atomic E-state index is 12.3. The van der Waals surface area contributed by atoms with Gasteiger partial charge in [-0.25, -0.2) is 4.57 Å². The van der Waals surface area contributed by atoms with Crippen LogP contribution in [0.5, 0.6) is 0 Å². The van der Waals surface area contributed by atoms with Crippen molar-refractivity contribution in [2.45, 2.75) is 148 Å². The van der Waals surface area contributed by atoms with Crippen LogP contribution in [-0.4, -0.2) is 63.5 Å². The number of hydrogen-bond donors (Lipinski definition) is 4. The summed E-state index contributed by atoms with van der Waals surface area (Å²) in [6.07, 6.45) is 26.4. The molecule has 10 nitrogen and oxygen atoms in total. The van der Waals surface area contributed by atoms with Crippen LogP contribution in [0.25, 0.3) is 0 Å². The van der Waals surface area contributed by atoms with Crippen LogP contribution < -0.4 is 0 Å². The van der Waals surface area contributed by atoms with Gasteiger partial charge in [-0.1, -0.05) is 134 Å². The topological polar surface area (TPSA) is 160 Å². The predicted molar refractivity (Wildman–Crippen MR) is 186 cm³/mol. The average molecular weight is 687 g/mol. The van der Waals surface area contributed by atoms with E-state index in [1.165, 1.54) is 25.7 Å². The van der Waals surface area contributed by atoms with Crippen molar-refractivity contribution in [2.24, 2.45) is 5.92 Å². The number of carbonyl (C=O) groups excluding carboxylic acids is 2. The average Bonchev–Trinajstić information content (AvgIpc) is 3.02. The zero-order valence-corrected chi connectivity index (χ0v) is 29.9. The number of phosphoric acid groups is 1. The molecule has 0 saturated heterocycles. The van der Waals surface area contributed by atoms with Gasteiger partial charge in [0.2, 0.25) is 0 Å². The van der Waals surface area contributed by atoms with Crippen molar-refractivity contribution in [3.05, 3.63) is 48.6 Å². The van der Waals surface area contributed by atoms with Crippen molar-refractivity contribution in [2.75, 3.05) is 13.2 Å². The van der Waals surface area contributed by atoms with E-state index in [-0.39, 0.29) is 19.4 Å². The molecule has 0 aliphatic rings. The summed E-state index contributed by atoms with van der Waals surface area (Å²) >= 11 is 0. The van der Waals surface area contributed by atoms with E-state index in [4.69, 9.17) is 19.3 Å². The van der Waals surface area contributed by atoms with Crippen LogP contribution in [0.2, 0.25) is 0 Å². The molecule has 0 aromatic rings. The second-order valence-electron chi connectivity index (χ2n) is 12.1. The summed E-state index contributed by atoms with van der Waals surface area (Å²) in [6, 6.07) is 0. The van der Waals surface area contributed by atoms with Gasteiger partial charge >= 0.3 is 19.8 Å². The van der Waals surface area contributed by atoms with Gasteiger partial charge < -0.3 is 29.5 Å². The van der Waals surface area contributed by atoms with Crippen LogP contribution in [0, 0.1) is 5.92 Å². The summed E-state index contributed by atoms with van der Waals surface area (Å²) in [5, 5.41) is 20.0. The lowest BCUT2D eigenvalue weighted by atomic mass is 10.00. The van der Waals surface area contributed by atoms with E-state index >= 15 is 0 Å². The third-order valence-corrected chi connectivity index (χ3v) is 8.08. The summed E-state index contributed by atoms with van der Waals surface area (Å²) < 4.78 is 26.1. The number of unbranched alkanes of at least 4 members (excludes halogenated alkanes) is 7. The van der Waals surface area contributed by atoms with Crippen molar-refractivity contribution >= 4 is 19.8 Å². The second kappa shape index (κ2) is 30.0. The van der Waals surface area contributed by atoms with Gasteiger partial charge in [0.15, 0.2) is 6.10 Å². The van der Waals surface area contributed by atoms with Gasteiger partial charge in [-0.05, 0) is 38.0 Å². The lowest BCUT2D eigenvalue weighted by Crippen LogP contribution is -2.29. The highest BCUT2D eigenvalue weighted by atomic mass is 31.2. The smallest absolute Gasteiger partial charge is 0.462 e. The number of hydrogen-bond acceptors (Lipinski definition) is 8. The molecule has 4 atom stereocenters. The molecular formula is C36H63O10P. The Morgan fingerprint density at radius 1 is 0.702 bits per heavy atom. The summed E-state index contributed by atoms with van der Waals surface area (Å²) in [4.78, 5) is 42.6. The van der Waals surface area contributed by atoms with Gasteiger partial charge in [0.25, 0.3) is 0 Å². The zero-order chi connectivity index (χ0) is 35.2. The van der Waals surface area contributed by atoms with Crippen LogP contribution >= 0.6 is 7.82 Å². The molecule has 4 N–H and O–H groups in total. The molecule has 0 aliphatic carbocycles. The number of aliphatic hydroxyl groups is 2. The van der Waals surface area contributed by atoms with Gasteiger partial charge in [-0.3, -0.25) is 14.1 Å². The van der Waals surface area contributed by atoms with E-state index < -0.39 is 44.7 Å². The maximum absolute atomic E-state index is 12.3. The summed E-state index contributed by atoms with van der Waals surface area (Å²) in [7, 11) is -4.81. The Morgan fingerprint density at radius 3 is 1.85 bits per heavy atom. The lowest BCUT2D eigenvalue weighted by Gasteiger charge is -2.18. The number of phosphoric ester groups is 1. The fourth-order valence-electron chi connectivity index (χ4n) is 4.50. The number of rotatable bonds is 30. The van der Waals surface area contributed by atoms with Gasteiger partial charge in [-0.2, -0.15) is 0 Å². The third-order valence-electron chi connectivity index (χ3n) is 7.60. The fourth-order valence-corrected chi connectivity index (χ4v) is 4.86. The molecule has 0 radical (unpaired) electrons. The molecule has 0 spiro atoms. The lowest BCUT2D eigenvalue weighted by molar-refractivity contribution is -0.161. The number of ether oxygens (including phenoxy) is 2. The first kappa shape index (κ1) is 44.9. The minimum absolute atomic E-state index is 0.0376. The van der Waals surface area contributed by atoms with Crippen molar-refractivity contribution in [1.29, 1.82) is 0 Å². The van der Waals surface area contributed by atoms with Gasteiger partial charge in [0.05, 0.1) is 18.8 Å². The van der Waals surface area contributed by atoms with Crippen LogP contribution in [0.15, 0.2) is 48.6 Å². The highest BCUT2D eigenvalue weighted by Crippen LogP contribution is 2.36. The summed E-state index contributed by atoms with van der Waals surface area (Å²) in [6.45, 7) is 5.62. The Hall–Kier alpha value is -2.07. The summed E-state index contributed by atoms with van der Waals surface area (Å²) in [5.74, 6) is -0.355. The Balaban J connectivity index is 4.32. The van der Waals surface area contributed by atoms with Crippen molar-refractivity contribution in [1.82, 2.24) is 0 Å². The van der Waals surface area contributed by atoms with Gasteiger partial charge in [0.1, 0.15) is 6.61 Å². The van der Waals surface area contributed by atoms with E-state index in [0.29, 0.717) is 25.7 Å². The normalized spacial score (nSPS) is 15.1. The maximum Gasteiger partial charge on any atom is 0.469 e. The van der Waals surface area contributed by atoms with E-state index in [1.54, 1.807) is 18.2 Å². The second-order valence-corrected chi connectivity index (χ2v) is 13.4. The van der Waals surface area contributed by atoms with Crippen LogP contribution in [0.1, 0.15) is 130 Å². The molecular weight excluding hydrogens is 623 g/mol. The van der Waals surface area contributed by atoms with Crippen molar-refractivity contribution in [3.63, 3.8) is 0 Å². The van der Waals surface area contributed by atoms with Crippen molar-refractivity contribution in [3.8, 4) is 0 Å². The zero-order valence-electron chi connectivity index (χ0n) is 29.0. The monoisotopic (exact) mass is 686 g/mol. The molecule has 0 fully saturated rings. The minimum atomic E-state index is -4.81. The van der Waals surface area contributed by atoms with E-state index in [2.05, 4.69) is 25.3 Å². The fraction of sp³-hybridized carbons (Fsp3) is 0.722. The minimum Gasteiger partial charge on any atom is -0.462 e. The first-order valence-electron chi connectivity index (χ1n) is 17.5. The molecule has 0 heterocycles. The van der Waals surface area contributed by atoms with Crippen LogP contribution in [0.4, 0.5) is 0 Å². The number of allylic oxidation sites excluding steroid dienone is 6. The quantitative estimate of drug-likeness (QED) is 0.0254. The highest BCUT2D eigenvalue weighted by molar-refractivity contribution is 7.46. The highest BCUT2D eigenvalue weighted by Gasteiger charge is 2.23. The SMILES string of the molecule is CCCCC[C@@H](O)/C=C/C=C\C/C=C\C=C\[C@@H](O)CCCC(=O)O[C@H](COC(=O)CCCCCCCCC(C)CC)COP(=O)(O)O. The Morgan fingerprint density at radius 2 is 1.26 bits per heavy atom. The molecule has 0 aliphatic heterocycles. The standard InChI is InChI=1S/C36H63O10P/c1-4-6-16-23-32(37)24-18-13-8-7-9-14-19-25-33(38)26-21-28-36(40)46-34(30-45-47(41,42)43)29-44-35(39)27-20-15-11-10-12-17-22-31(3)5-2/h8-9,13-14,18-19,24-25,31-34,37-38H,4-7,10-12,15-17,20-23,26-30H2,1-3H3,(H2,41,42,43)/b13-8-,14-9-,24-18+,25-19+/t31?,32-,33-,34-/m1/s1. The van der Waals surface area contributed by atoms with E-state index in [9.17, 15) is 24.4 Å². The molecule has 272 valence electrons. The van der Waals surface area contributed by atoms with E-state index in [1.807, 2.05) is 30.4 Å². The molecule has 47 heavy (non-hydrogen) atoms. The molecule has 0 bridgehead atoms. The first-order valence-corrected chi connectivity index (χ1v) is 19.1. The Labute approximate surface area is 283 Å². The molecule has 0 aromatic carbocycles. The molecule has 0 saturated carbocycles. The van der Waals surface area contributed by atoms with Crippen LogP contribution in [-0.2, 0) is 28.2 Å². The number of esters is 2. The van der Waals surface area contributed by atoms with Gasteiger partial charge in [0, 0.05) is 12.8 Å².